The van der Waals surface area contributed by atoms with Crippen molar-refractivity contribution in [3.8, 4) is 11.5 Å². The molecule has 3 heteroatoms. The zero-order valence-electron chi connectivity index (χ0n) is 13.7. The molecule has 0 heterocycles. The fraction of sp³-hybridized carbons (Fsp3) is 0.647. The molecule has 0 aromatic heterocycles. The molecule has 0 radical (unpaired) electrons. The first-order valence-corrected chi connectivity index (χ1v) is 7.39. The maximum Gasteiger partial charge on any atom is 0.165 e. The van der Waals surface area contributed by atoms with Crippen molar-refractivity contribution in [2.24, 2.45) is 11.3 Å². The van der Waals surface area contributed by atoms with Crippen molar-refractivity contribution in [2.75, 3.05) is 20.3 Å². The maximum atomic E-state index is 5.60. The predicted octanol–water partition coefficient (Wildman–Crippen LogP) is 3.87. The smallest absolute Gasteiger partial charge is 0.165 e. The van der Waals surface area contributed by atoms with Crippen LogP contribution in [-0.4, -0.2) is 20.3 Å². The van der Waals surface area contributed by atoms with Gasteiger partial charge in [0.15, 0.2) is 11.5 Å². The molecule has 20 heavy (non-hydrogen) atoms. The Kier molecular flexibility index (Phi) is 6.34. The van der Waals surface area contributed by atoms with Crippen molar-refractivity contribution in [1.82, 2.24) is 5.32 Å². The molecular weight excluding hydrogens is 250 g/mol. The highest BCUT2D eigenvalue weighted by Crippen LogP contribution is 2.31. The van der Waals surface area contributed by atoms with E-state index < -0.39 is 0 Å². The first-order valence-electron chi connectivity index (χ1n) is 7.39. The van der Waals surface area contributed by atoms with Crippen molar-refractivity contribution in [3.63, 3.8) is 0 Å². The van der Waals surface area contributed by atoms with Gasteiger partial charge in [0, 0.05) is 12.1 Å². The SMILES string of the molecule is CCOc1cccc(CNCC(C)C(C)(C)C)c1OC. The van der Waals surface area contributed by atoms with Crippen LogP contribution in [0, 0.1) is 11.3 Å². The van der Waals surface area contributed by atoms with Gasteiger partial charge in [0.05, 0.1) is 13.7 Å². The first-order chi connectivity index (χ1) is 9.40. The van der Waals surface area contributed by atoms with Crippen molar-refractivity contribution < 1.29 is 9.47 Å². The molecule has 1 atom stereocenters. The number of nitrogens with one attached hydrogen (secondary N) is 1. The topological polar surface area (TPSA) is 30.5 Å². The molecule has 3 nitrogen and oxygen atoms in total. The molecule has 1 N–H and O–H groups in total. The van der Waals surface area contributed by atoms with Crippen molar-refractivity contribution in [1.29, 1.82) is 0 Å². The van der Waals surface area contributed by atoms with Crippen LogP contribution < -0.4 is 14.8 Å². The Hall–Kier alpha value is -1.22. The van der Waals surface area contributed by atoms with Gasteiger partial charge in [0.25, 0.3) is 0 Å². The molecule has 0 aliphatic rings. The molecule has 1 aromatic carbocycles. The van der Waals surface area contributed by atoms with Crippen LogP contribution in [0.4, 0.5) is 0 Å². The average Bonchev–Trinajstić information content (AvgIpc) is 2.38. The lowest BCUT2D eigenvalue weighted by Crippen LogP contribution is -2.29. The Morgan fingerprint density at radius 3 is 2.50 bits per heavy atom. The fourth-order valence-electron chi connectivity index (χ4n) is 1.93. The predicted molar refractivity (Wildman–Crippen MR) is 84.5 cm³/mol. The Morgan fingerprint density at radius 2 is 1.95 bits per heavy atom. The summed E-state index contributed by atoms with van der Waals surface area (Å²) >= 11 is 0. The molecule has 0 amide bonds. The van der Waals surface area contributed by atoms with Crippen LogP contribution >= 0.6 is 0 Å². The number of rotatable bonds is 7. The van der Waals surface area contributed by atoms with Gasteiger partial charge in [-0.25, -0.2) is 0 Å². The number of para-hydroxylation sites is 1. The lowest BCUT2D eigenvalue weighted by molar-refractivity contribution is 0.252. The van der Waals surface area contributed by atoms with Gasteiger partial charge in [-0.3, -0.25) is 0 Å². The van der Waals surface area contributed by atoms with Crippen molar-refractivity contribution in [2.45, 2.75) is 41.2 Å². The third kappa shape index (κ3) is 4.71. The second kappa shape index (κ2) is 7.53. The Balaban J connectivity index is 2.66. The normalized spacial score (nSPS) is 13.1. The molecular formula is C17H29NO2. The summed E-state index contributed by atoms with van der Waals surface area (Å²) in [7, 11) is 1.69. The summed E-state index contributed by atoms with van der Waals surface area (Å²) in [6, 6.07) is 6.04. The second-order valence-electron chi connectivity index (χ2n) is 6.28. The molecule has 0 saturated carbocycles. The Morgan fingerprint density at radius 1 is 1.25 bits per heavy atom. The molecule has 1 rings (SSSR count). The number of ether oxygens (including phenoxy) is 2. The van der Waals surface area contributed by atoms with Crippen LogP contribution in [0.5, 0.6) is 11.5 Å². The van der Waals surface area contributed by atoms with Gasteiger partial charge in [-0.2, -0.15) is 0 Å². The van der Waals surface area contributed by atoms with Crippen LogP contribution in [-0.2, 0) is 6.54 Å². The summed E-state index contributed by atoms with van der Waals surface area (Å²) in [5.41, 5.74) is 1.46. The number of hydrogen-bond donors (Lipinski definition) is 1. The summed E-state index contributed by atoms with van der Waals surface area (Å²) in [6.45, 7) is 13.5. The largest absolute Gasteiger partial charge is 0.493 e. The molecule has 1 aromatic rings. The highest BCUT2D eigenvalue weighted by Gasteiger charge is 2.19. The van der Waals surface area contributed by atoms with Gasteiger partial charge in [0.1, 0.15) is 0 Å². The Labute approximate surface area is 123 Å². The summed E-state index contributed by atoms with van der Waals surface area (Å²) in [4.78, 5) is 0. The van der Waals surface area contributed by atoms with E-state index in [0.29, 0.717) is 17.9 Å². The van der Waals surface area contributed by atoms with E-state index in [1.807, 2.05) is 19.1 Å². The van der Waals surface area contributed by atoms with Gasteiger partial charge < -0.3 is 14.8 Å². The van der Waals surface area contributed by atoms with Crippen molar-refractivity contribution in [3.05, 3.63) is 23.8 Å². The zero-order valence-corrected chi connectivity index (χ0v) is 13.7. The number of hydrogen-bond acceptors (Lipinski definition) is 3. The minimum atomic E-state index is 0.324. The summed E-state index contributed by atoms with van der Waals surface area (Å²) in [5, 5.41) is 3.52. The molecule has 1 unspecified atom stereocenters. The first kappa shape index (κ1) is 16.8. The maximum absolute atomic E-state index is 5.60. The van der Waals surface area contributed by atoms with Gasteiger partial charge in [-0.15, -0.1) is 0 Å². The molecule has 0 aliphatic heterocycles. The monoisotopic (exact) mass is 279 g/mol. The minimum absolute atomic E-state index is 0.324. The van der Waals surface area contributed by atoms with Crippen LogP contribution in [0.2, 0.25) is 0 Å². The van der Waals surface area contributed by atoms with Crippen LogP contribution in [0.15, 0.2) is 18.2 Å². The number of methoxy groups -OCH3 is 1. The molecule has 0 saturated heterocycles. The molecule has 114 valence electrons. The zero-order chi connectivity index (χ0) is 15.2. The second-order valence-corrected chi connectivity index (χ2v) is 6.28. The van der Waals surface area contributed by atoms with Crippen molar-refractivity contribution >= 4 is 0 Å². The average molecular weight is 279 g/mol. The summed E-state index contributed by atoms with van der Waals surface area (Å²) in [6.07, 6.45) is 0. The van der Waals surface area contributed by atoms with E-state index in [4.69, 9.17) is 9.47 Å². The molecule has 0 bridgehead atoms. The minimum Gasteiger partial charge on any atom is -0.493 e. The molecule has 0 spiro atoms. The summed E-state index contributed by atoms with van der Waals surface area (Å²) < 4.78 is 11.1. The van der Waals surface area contributed by atoms with Crippen LogP contribution in [0.3, 0.4) is 0 Å². The van der Waals surface area contributed by atoms with E-state index in [2.05, 4.69) is 39.1 Å². The standard InChI is InChI=1S/C17H29NO2/c1-7-20-15-10-8-9-14(16(15)19-6)12-18-11-13(2)17(3,4)5/h8-10,13,18H,7,11-12H2,1-6H3. The lowest BCUT2D eigenvalue weighted by atomic mass is 9.82. The highest BCUT2D eigenvalue weighted by molar-refractivity contribution is 5.46. The number of benzene rings is 1. The van der Waals surface area contributed by atoms with Gasteiger partial charge in [-0.1, -0.05) is 39.8 Å². The Bertz CT molecular complexity index is 410. The van der Waals surface area contributed by atoms with E-state index in [-0.39, 0.29) is 0 Å². The lowest BCUT2D eigenvalue weighted by Gasteiger charge is -2.27. The van der Waals surface area contributed by atoms with Gasteiger partial charge in [-0.05, 0) is 30.9 Å². The van der Waals surface area contributed by atoms with E-state index in [9.17, 15) is 0 Å². The van der Waals surface area contributed by atoms with E-state index in [1.54, 1.807) is 7.11 Å². The summed E-state index contributed by atoms with van der Waals surface area (Å²) in [5.74, 6) is 2.27. The van der Waals surface area contributed by atoms with Crippen LogP contribution in [0.1, 0.15) is 40.2 Å². The van der Waals surface area contributed by atoms with E-state index >= 15 is 0 Å². The van der Waals surface area contributed by atoms with E-state index in [0.717, 1.165) is 30.2 Å². The molecule has 0 aliphatic carbocycles. The molecule has 0 fully saturated rings. The fourth-order valence-corrected chi connectivity index (χ4v) is 1.93. The van der Waals surface area contributed by atoms with Gasteiger partial charge >= 0.3 is 0 Å². The van der Waals surface area contributed by atoms with E-state index in [1.165, 1.54) is 0 Å². The van der Waals surface area contributed by atoms with Gasteiger partial charge in [0.2, 0.25) is 0 Å². The third-order valence-electron chi connectivity index (χ3n) is 3.81. The van der Waals surface area contributed by atoms with Crippen LogP contribution in [0.25, 0.3) is 0 Å². The quantitative estimate of drug-likeness (QED) is 0.822. The third-order valence-corrected chi connectivity index (χ3v) is 3.81. The highest BCUT2D eigenvalue weighted by atomic mass is 16.5.